The molecule has 2 fully saturated rings. The maximum Gasteiger partial charge on any atom is 0.266 e. The van der Waals surface area contributed by atoms with Gasteiger partial charge in [0.1, 0.15) is 23.6 Å². The van der Waals surface area contributed by atoms with Gasteiger partial charge in [0.25, 0.3) is 12.0 Å². The molecule has 1 saturated carbocycles. The van der Waals surface area contributed by atoms with E-state index in [1.165, 1.54) is 23.0 Å². The second kappa shape index (κ2) is 8.83. The molecule has 1 saturated heterocycles. The van der Waals surface area contributed by atoms with Gasteiger partial charge in [0.05, 0.1) is 22.6 Å². The summed E-state index contributed by atoms with van der Waals surface area (Å²) in [7, 11) is -0.473. The first-order valence-electron chi connectivity index (χ1n) is 12.1. The second-order valence-electron chi connectivity index (χ2n) is 10.6. The van der Waals surface area contributed by atoms with E-state index in [1.807, 2.05) is 0 Å². The highest BCUT2D eigenvalue weighted by Crippen LogP contribution is 2.51. The molecule has 0 unspecified atom stereocenters. The molecule has 2 N–H and O–H groups in total. The molecule has 198 valence electrons. The molecular formula is C26H29F3N4O3S. The van der Waals surface area contributed by atoms with Crippen LogP contribution >= 0.6 is 0 Å². The number of aryl methyl sites for hydroxylation is 1. The van der Waals surface area contributed by atoms with Crippen molar-refractivity contribution in [2.45, 2.75) is 50.7 Å². The fourth-order valence-electron chi connectivity index (χ4n) is 5.90. The molecule has 1 aromatic carbocycles. The number of alkyl halides is 2. The molecule has 5 rings (SSSR count). The Morgan fingerprint density at radius 2 is 1.81 bits per heavy atom. The normalized spacial score (nSPS) is 28.4. The van der Waals surface area contributed by atoms with Crippen LogP contribution in [-0.2, 0) is 22.2 Å². The molecule has 2 aliphatic rings. The topological polar surface area (TPSA) is 97.1 Å². The van der Waals surface area contributed by atoms with Crippen LogP contribution in [-0.4, -0.2) is 41.2 Å². The van der Waals surface area contributed by atoms with Crippen LogP contribution in [0.3, 0.4) is 0 Å². The summed E-state index contributed by atoms with van der Waals surface area (Å²) in [5.41, 5.74) is -1.95. The maximum absolute atomic E-state index is 14.8. The Hall–Kier alpha value is -2.92. The van der Waals surface area contributed by atoms with Gasteiger partial charge >= 0.3 is 0 Å². The Bertz CT molecular complexity index is 1530. The van der Waals surface area contributed by atoms with Gasteiger partial charge in [-0.05, 0) is 59.5 Å². The largest absolute Gasteiger partial charge is 0.385 e. The zero-order valence-corrected chi connectivity index (χ0v) is 21.5. The van der Waals surface area contributed by atoms with Crippen LogP contribution in [0.5, 0.6) is 0 Å². The highest BCUT2D eigenvalue weighted by atomic mass is 32.2. The number of anilines is 1. The number of fused-ring (bicyclic) bond motifs is 1. The van der Waals surface area contributed by atoms with Gasteiger partial charge in [0, 0.05) is 29.7 Å². The minimum Gasteiger partial charge on any atom is -0.385 e. The molecule has 1 atom stereocenters. The zero-order chi connectivity index (χ0) is 26.8. The molecule has 1 aliphatic heterocycles. The van der Waals surface area contributed by atoms with E-state index in [9.17, 15) is 27.3 Å². The van der Waals surface area contributed by atoms with Crippen LogP contribution in [0.15, 0.2) is 35.4 Å². The number of nitrogens with one attached hydrogen (secondary N) is 1. The van der Waals surface area contributed by atoms with E-state index in [2.05, 4.69) is 21.2 Å². The molecule has 2 aromatic heterocycles. The first-order chi connectivity index (χ1) is 17.3. The number of hydrogen-bond donors (Lipinski definition) is 2. The molecule has 1 spiro atoms. The maximum atomic E-state index is 14.8. The van der Waals surface area contributed by atoms with E-state index in [0.29, 0.717) is 48.2 Å². The molecule has 1 aliphatic carbocycles. The van der Waals surface area contributed by atoms with Gasteiger partial charge < -0.3 is 10.4 Å². The highest BCUT2D eigenvalue weighted by molar-refractivity contribution is 8.01. The number of halogens is 3. The molecule has 0 amide bonds. The number of pyridine rings is 1. The third-order valence-electron chi connectivity index (χ3n) is 7.90. The van der Waals surface area contributed by atoms with Crippen molar-refractivity contribution in [2.75, 3.05) is 16.8 Å². The monoisotopic (exact) mass is 534 g/mol. The first kappa shape index (κ1) is 25.7. The zero-order valence-electron chi connectivity index (χ0n) is 20.6. The lowest BCUT2D eigenvalue weighted by atomic mass is 9.68. The molecule has 7 nitrogen and oxygen atoms in total. The van der Waals surface area contributed by atoms with Crippen molar-refractivity contribution < 1.29 is 22.5 Å². The Morgan fingerprint density at radius 3 is 2.43 bits per heavy atom. The summed E-state index contributed by atoms with van der Waals surface area (Å²) in [5.74, 6) is 4.18. The molecule has 0 radical (unpaired) electrons. The van der Waals surface area contributed by atoms with Crippen molar-refractivity contribution in [1.29, 1.82) is 0 Å². The summed E-state index contributed by atoms with van der Waals surface area (Å²) in [6.45, 7) is 1.62. The van der Waals surface area contributed by atoms with Crippen molar-refractivity contribution in [1.82, 2.24) is 14.5 Å². The number of aromatic nitrogens is 3. The Balaban J connectivity index is 1.50. The van der Waals surface area contributed by atoms with E-state index in [0.717, 1.165) is 6.07 Å². The molecular weight excluding hydrogens is 505 g/mol. The van der Waals surface area contributed by atoms with Gasteiger partial charge in [-0.3, -0.25) is 13.6 Å². The predicted octanol–water partition coefficient (Wildman–Crippen LogP) is 4.06. The third-order valence-corrected chi connectivity index (χ3v) is 10.2. The van der Waals surface area contributed by atoms with Crippen molar-refractivity contribution in [3.05, 3.63) is 63.5 Å². The summed E-state index contributed by atoms with van der Waals surface area (Å²) >= 11 is 0. The van der Waals surface area contributed by atoms with Gasteiger partial charge in [0.2, 0.25) is 0 Å². The summed E-state index contributed by atoms with van der Waals surface area (Å²) in [5, 5.41) is 15.1. The Morgan fingerprint density at radius 1 is 1.16 bits per heavy atom. The minimum absolute atomic E-state index is 0.0494. The fourth-order valence-corrected chi connectivity index (χ4v) is 8.62. The Kier molecular flexibility index (Phi) is 6.14. The van der Waals surface area contributed by atoms with E-state index in [4.69, 9.17) is 0 Å². The van der Waals surface area contributed by atoms with Gasteiger partial charge in [-0.2, -0.15) is 0 Å². The number of nitrogens with zero attached hydrogens (tertiary/aromatic N) is 3. The molecule has 0 bridgehead atoms. The SMILES string of the molecule is C=S1(=O)CC2(CCC(O)(c3cc4c(N[C@H](C)c5cccc(C(F)F)c5F)ncnc4n(C)c3=O)CC2)C1. The lowest BCUT2D eigenvalue weighted by Crippen LogP contribution is -2.53. The Labute approximate surface area is 212 Å². The first-order valence-corrected chi connectivity index (χ1v) is 14.1. The smallest absolute Gasteiger partial charge is 0.266 e. The number of benzene rings is 1. The average Bonchev–Trinajstić information content (AvgIpc) is 2.82. The van der Waals surface area contributed by atoms with Crippen molar-refractivity contribution in [2.24, 2.45) is 12.5 Å². The van der Waals surface area contributed by atoms with Crippen molar-refractivity contribution >= 4 is 32.2 Å². The van der Waals surface area contributed by atoms with E-state index < -0.39 is 39.0 Å². The fraction of sp³-hybridized carbons (Fsp3) is 0.462. The molecule has 3 heterocycles. The predicted molar refractivity (Wildman–Crippen MR) is 138 cm³/mol. The van der Waals surface area contributed by atoms with Crippen LogP contribution in [0, 0.1) is 11.2 Å². The van der Waals surface area contributed by atoms with E-state index in [-0.39, 0.29) is 27.9 Å². The van der Waals surface area contributed by atoms with Gasteiger partial charge in [-0.1, -0.05) is 18.2 Å². The quantitative estimate of drug-likeness (QED) is 0.480. The molecule has 3 aromatic rings. The van der Waals surface area contributed by atoms with Crippen molar-refractivity contribution in [3.63, 3.8) is 0 Å². The molecule has 11 heteroatoms. The summed E-state index contributed by atoms with van der Waals surface area (Å²) in [4.78, 5) is 21.8. The molecule has 37 heavy (non-hydrogen) atoms. The summed E-state index contributed by atoms with van der Waals surface area (Å²) in [6, 6.07) is 4.69. The van der Waals surface area contributed by atoms with E-state index >= 15 is 0 Å². The van der Waals surface area contributed by atoms with Crippen LogP contribution < -0.4 is 10.9 Å². The third kappa shape index (κ3) is 4.41. The number of rotatable bonds is 5. The average molecular weight is 535 g/mol. The number of aliphatic hydroxyl groups is 1. The standard InChI is InChI=1S/C26H29F3N4O3S/c1-15(16-5-4-6-17(20(16)27)21(28)29)32-22-18-11-19(24(34)33(2)23(18)31-14-30-22)26(35)9-7-25(8-10-26)12-37(3,36)13-25/h4-6,11,14-15,21,35H,3,7-10,12-13H2,1-2H3,(H,30,31,32)/t15-,25?,26?,37?/m1/s1. The lowest BCUT2D eigenvalue weighted by Gasteiger charge is -2.50. The van der Waals surface area contributed by atoms with Gasteiger partial charge in [0.15, 0.2) is 0 Å². The van der Waals surface area contributed by atoms with Gasteiger partial charge in [-0.15, -0.1) is 0 Å². The summed E-state index contributed by atoms with van der Waals surface area (Å²) in [6.07, 6.45) is 0.298. The van der Waals surface area contributed by atoms with Crippen LogP contribution in [0.2, 0.25) is 0 Å². The summed E-state index contributed by atoms with van der Waals surface area (Å²) < 4.78 is 54.7. The van der Waals surface area contributed by atoms with Gasteiger partial charge in [-0.25, -0.2) is 23.1 Å². The minimum atomic E-state index is -2.94. The van der Waals surface area contributed by atoms with Crippen LogP contribution in [0.1, 0.15) is 61.8 Å². The van der Waals surface area contributed by atoms with Crippen LogP contribution in [0.25, 0.3) is 11.0 Å². The number of hydrogen-bond acceptors (Lipinski definition) is 6. The van der Waals surface area contributed by atoms with E-state index in [1.54, 1.807) is 20.0 Å². The van der Waals surface area contributed by atoms with Crippen LogP contribution in [0.4, 0.5) is 19.0 Å². The lowest BCUT2D eigenvalue weighted by molar-refractivity contribution is -0.0327. The van der Waals surface area contributed by atoms with Crippen molar-refractivity contribution in [3.8, 4) is 0 Å². The second-order valence-corrected chi connectivity index (χ2v) is 13.1. The highest BCUT2D eigenvalue weighted by Gasteiger charge is 2.50.